The predicted molar refractivity (Wildman–Crippen MR) is 137 cm³/mol. The van der Waals surface area contributed by atoms with Gasteiger partial charge in [0.1, 0.15) is 0 Å². The smallest absolute Gasteiger partial charge is 0.223 e. The van der Waals surface area contributed by atoms with Gasteiger partial charge in [-0.15, -0.1) is 0 Å². The number of aryl methyl sites for hydroxylation is 1. The highest BCUT2D eigenvalue weighted by Crippen LogP contribution is 2.33. The van der Waals surface area contributed by atoms with Crippen molar-refractivity contribution in [1.82, 2.24) is 14.9 Å². The van der Waals surface area contributed by atoms with Crippen LogP contribution in [0.1, 0.15) is 50.2 Å². The van der Waals surface area contributed by atoms with E-state index >= 15 is 0 Å². The van der Waals surface area contributed by atoms with Crippen molar-refractivity contribution in [2.45, 2.75) is 52.0 Å². The van der Waals surface area contributed by atoms with Gasteiger partial charge in [0.05, 0.1) is 23.7 Å². The minimum absolute atomic E-state index is 0.0386. The molecule has 1 amide bonds. The van der Waals surface area contributed by atoms with Crippen molar-refractivity contribution in [3.63, 3.8) is 0 Å². The number of piperidine rings is 1. The summed E-state index contributed by atoms with van der Waals surface area (Å²) in [6.45, 7) is 9.39. The van der Waals surface area contributed by atoms with Crippen molar-refractivity contribution in [2.75, 3.05) is 31.2 Å². The molecular weight excluding hydrogens is 448 g/mol. The molecule has 0 aliphatic carbocycles. The third kappa shape index (κ3) is 4.53. The van der Waals surface area contributed by atoms with Crippen LogP contribution in [0.3, 0.4) is 0 Å². The van der Waals surface area contributed by atoms with E-state index in [9.17, 15) is 4.79 Å². The quantitative estimate of drug-likeness (QED) is 0.543. The van der Waals surface area contributed by atoms with Crippen LogP contribution in [0.15, 0.2) is 36.4 Å². The van der Waals surface area contributed by atoms with Crippen LogP contribution in [0.5, 0.6) is 0 Å². The number of imidazole rings is 1. The number of carbonyl (C=O) groups is 1. The number of rotatable bonds is 5. The molecular formula is C27H33ClN4O2. The average Bonchev–Trinajstić information content (AvgIpc) is 3.47. The summed E-state index contributed by atoms with van der Waals surface area (Å²) in [5.41, 5.74) is 5.38. The number of fused-ring (bicyclic) bond motifs is 1. The van der Waals surface area contributed by atoms with E-state index in [0.717, 1.165) is 72.2 Å². The largest absolute Gasteiger partial charge is 0.379 e. The first kappa shape index (κ1) is 23.2. The summed E-state index contributed by atoms with van der Waals surface area (Å²) in [7, 11) is 0. The third-order valence-electron chi connectivity index (χ3n) is 7.16. The van der Waals surface area contributed by atoms with E-state index in [1.54, 1.807) is 0 Å². The highest BCUT2D eigenvalue weighted by atomic mass is 35.5. The van der Waals surface area contributed by atoms with E-state index in [2.05, 4.69) is 59.0 Å². The highest BCUT2D eigenvalue weighted by molar-refractivity contribution is 6.32. The first-order valence-corrected chi connectivity index (χ1v) is 12.7. The summed E-state index contributed by atoms with van der Waals surface area (Å²) in [6, 6.07) is 13.0. The Bertz CT molecular complexity index is 1170. The van der Waals surface area contributed by atoms with Crippen LogP contribution in [-0.2, 0) is 9.53 Å². The number of nitrogens with zero attached hydrogens (tertiary/aromatic N) is 3. The Hall–Kier alpha value is -2.57. The Balaban J connectivity index is 1.42. The molecule has 2 aliphatic heterocycles. The number of halogens is 1. The fourth-order valence-electron chi connectivity index (χ4n) is 4.97. The Morgan fingerprint density at radius 1 is 1.15 bits per heavy atom. The molecule has 2 aromatic carbocycles. The summed E-state index contributed by atoms with van der Waals surface area (Å²) in [5.74, 6) is 1.60. The Morgan fingerprint density at radius 2 is 1.88 bits per heavy atom. The molecule has 2 saturated heterocycles. The zero-order chi connectivity index (χ0) is 23.8. The molecule has 34 heavy (non-hydrogen) atoms. The van der Waals surface area contributed by atoms with Crippen LogP contribution < -0.4 is 10.2 Å². The van der Waals surface area contributed by atoms with Crippen LogP contribution in [0.2, 0.25) is 5.02 Å². The molecule has 6 nitrogen and oxygen atoms in total. The SMILES string of the molecule is Cc1cc2c(cc1Cl)nc(N1CCC(C(=O)NC3CCOC3)CC1)n2-c1ccc(C(C)C)cc1. The molecule has 0 saturated carbocycles. The van der Waals surface area contributed by atoms with Crippen LogP contribution in [-0.4, -0.2) is 47.8 Å². The van der Waals surface area contributed by atoms with Gasteiger partial charge in [0, 0.05) is 36.3 Å². The molecule has 0 radical (unpaired) electrons. The number of hydrogen-bond donors (Lipinski definition) is 1. The number of hydrogen-bond acceptors (Lipinski definition) is 4. The molecule has 1 aromatic heterocycles. The molecule has 2 fully saturated rings. The summed E-state index contributed by atoms with van der Waals surface area (Å²) < 4.78 is 7.63. The molecule has 7 heteroatoms. The van der Waals surface area contributed by atoms with Gasteiger partial charge in [0.2, 0.25) is 11.9 Å². The maximum Gasteiger partial charge on any atom is 0.223 e. The lowest BCUT2D eigenvalue weighted by Crippen LogP contribution is -2.44. The Labute approximate surface area is 206 Å². The van der Waals surface area contributed by atoms with Gasteiger partial charge < -0.3 is 15.0 Å². The van der Waals surface area contributed by atoms with Crippen molar-refractivity contribution < 1.29 is 9.53 Å². The van der Waals surface area contributed by atoms with Crippen molar-refractivity contribution in [2.24, 2.45) is 5.92 Å². The van der Waals surface area contributed by atoms with E-state index in [4.69, 9.17) is 21.3 Å². The number of carbonyl (C=O) groups excluding carboxylic acids is 1. The first-order valence-electron chi connectivity index (χ1n) is 12.3. The minimum atomic E-state index is 0.0386. The van der Waals surface area contributed by atoms with Crippen LogP contribution in [0.25, 0.3) is 16.7 Å². The molecule has 2 aliphatic rings. The van der Waals surface area contributed by atoms with Crippen molar-refractivity contribution in [3.05, 3.63) is 52.5 Å². The highest BCUT2D eigenvalue weighted by Gasteiger charge is 2.30. The zero-order valence-corrected chi connectivity index (χ0v) is 20.9. The van der Waals surface area contributed by atoms with E-state index in [-0.39, 0.29) is 17.9 Å². The van der Waals surface area contributed by atoms with Crippen LogP contribution in [0.4, 0.5) is 5.95 Å². The van der Waals surface area contributed by atoms with Crippen molar-refractivity contribution in [1.29, 1.82) is 0 Å². The second-order valence-corrected chi connectivity index (χ2v) is 10.3. The molecule has 3 heterocycles. The Morgan fingerprint density at radius 3 is 2.53 bits per heavy atom. The number of ether oxygens (including phenoxy) is 1. The average molecular weight is 481 g/mol. The summed E-state index contributed by atoms with van der Waals surface area (Å²) in [4.78, 5) is 20.1. The zero-order valence-electron chi connectivity index (χ0n) is 20.2. The standard InChI is InChI=1S/C27H33ClN4O2/c1-17(2)19-4-6-22(7-5-19)32-25-14-18(3)23(28)15-24(25)30-27(32)31-11-8-20(9-12-31)26(33)29-21-10-13-34-16-21/h4-7,14-15,17,20-21H,8-13,16H2,1-3H3,(H,29,33). The van der Waals surface area contributed by atoms with E-state index in [0.29, 0.717) is 12.5 Å². The molecule has 0 bridgehead atoms. The number of anilines is 1. The van der Waals surface area contributed by atoms with Crippen LogP contribution in [0, 0.1) is 12.8 Å². The first-order chi connectivity index (χ1) is 16.4. The van der Waals surface area contributed by atoms with Crippen LogP contribution >= 0.6 is 11.6 Å². The summed E-state index contributed by atoms with van der Waals surface area (Å²) >= 11 is 6.44. The molecule has 1 unspecified atom stereocenters. The second kappa shape index (κ2) is 9.59. The van der Waals surface area contributed by atoms with Gasteiger partial charge in [-0.3, -0.25) is 9.36 Å². The van der Waals surface area contributed by atoms with Gasteiger partial charge in [-0.2, -0.15) is 0 Å². The molecule has 1 atom stereocenters. The Kier molecular flexibility index (Phi) is 6.54. The normalized spacial score (nSPS) is 19.3. The fraction of sp³-hybridized carbons (Fsp3) is 0.481. The van der Waals surface area contributed by atoms with Gasteiger partial charge in [-0.1, -0.05) is 37.6 Å². The second-order valence-electron chi connectivity index (χ2n) is 9.91. The third-order valence-corrected chi connectivity index (χ3v) is 7.57. The van der Waals surface area contributed by atoms with E-state index < -0.39 is 0 Å². The lowest BCUT2D eigenvalue weighted by atomic mass is 9.95. The van der Waals surface area contributed by atoms with Gasteiger partial charge in [0.25, 0.3) is 0 Å². The van der Waals surface area contributed by atoms with E-state index in [1.165, 1.54) is 5.56 Å². The fourth-order valence-corrected chi connectivity index (χ4v) is 5.13. The summed E-state index contributed by atoms with van der Waals surface area (Å²) in [5, 5.41) is 3.90. The summed E-state index contributed by atoms with van der Waals surface area (Å²) in [6.07, 6.45) is 2.54. The molecule has 5 rings (SSSR count). The monoisotopic (exact) mass is 480 g/mol. The molecule has 180 valence electrons. The molecule has 3 aromatic rings. The predicted octanol–water partition coefficient (Wildman–Crippen LogP) is 5.23. The van der Waals surface area contributed by atoms with Crippen molar-refractivity contribution in [3.8, 4) is 5.69 Å². The van der Waals surface area contributed by atoms with Gasteiger partial charge in [-0.05, 0) is 67.5 Å². The number of benzene rings is 2. The van der Waals surface area contributed by atoms with Gasteiger partial charge in [0.15, 0.2) is 0 Å². The van der Waals surface area contributed by atoms with Gasteiger partial charge in [-0.25, -0.2) is 4.98 Å². The van der Waals surface area contributed by atoms with E-state index in [1.807, 2.05) is 13.0 Å². The minimum Gasteiger partial charge on any atom is -0.379 e. The maximum atomic E-state index is 12.8. The maximum absolute atomic E-state index is 12.8. The lowest BCUT2D eigenvalue weighted by molar-refractivity contribution is -0.126. The number of amides is 1. The van der Waals surface area contributed by atoms with Gasteiger partial charge >= 0.3 is 0 Å². The topological polar surface area (TPSA) is 59.4 Å². The molecule has 0 spiro atoms. The number of nitrogens with one attached hydrogen (secondary N) is 1. The van der Waals surface area contributed by atoms with Crippen molar-refractivity contribution >= 4 is 34.5 Å². The number of aromatic nitrogens is 2. The lowest BCUT2D eigenvalue weighted by Gasteiger charge is -2.33. The molecule has 1 N–H and O–H groups in total.